The van der Waals surface area contributed by atoms with Gasteiger partial charge < -0.3 is 5.73 Å². The van der Waals surface area contributed by atoms with E-state index in [9.17, 15) is 13.6 Å². The highest BCUT2D eigenvalue weighted by Crippen LogP contribution is 2.16. The smallest absolute Gasteiger partial charge is 0.171 e. The van der Waals surface area contributed by atoms with Gasteiger partial charge in [0, 0.05) is 5.69 Å². The lowest BCUT2D eigenvalue weighted by Crippen LogP contribution is -1.98. The minimum atomic E-state index is -1.19. The molecule has 0 aliphatic rings. The summed E-state index contributed by atoms with van der Waals surface area (Å²) >= 11 is 0. The number of anilines is 1. The number of aldehydes is 1. The van der Waals surface area contributed by atoms with E-state index in [0.29, 0.717) is 0 Å². The molecule has 2 nitrogen and oxygen atoms in total. The van der Waals surface area contributed by atoms with Gasteiger partial charge in [-0.1, -0.05) is 0 Å². The Morgan fingerprint density at radius 2 is 2.00 bits per heavy atom. The highest BCUT2D eigenvalue weighted by atomic mass is 19.2. The van der Waals surface area contributed by atoms with Gasteiger partial charge in [0.1, 0.15) is 0 Å². The molecule has 1 rings (SSSR count). The molecule has 0 aliphatic carbocycles. The van der Waals surface area contributed by atoms with Crippen LogP contribution in [0.2, 0.25) is 0 Å². The fourth-order valence-corrected chi connectivity index (χ4v) is 0.701. The molecule has 0 saturated carbocycles. The first-order valence-corrected chi connectivity index (χ1v) is 2.85. The van der Waals surface area contributed by atoms with Crippen LogP contribution in [0.15, 0.2) is 12.1 Å². The van der Waals surface area contributed by atoms with Gasteiger partial charge in [-0.3, -0.25) is 4.79 Å². The normalized spacial score (nSPS) is 9.64. The minimum absolute atomic E-state index is 0.0566. The molecule has 4 heteroatoms. The largest absolute Gasteiger partial charge is 0.398 e. The van der Waals surface area contributed by atoms with Crippen molar-refractivity contribution in [1.82, 2.24) is 0 Å². The average molecular weight is 157 g/mol. The van der Waals surface area contributed by atoms with Gasteiger partial charge in [0.15, 0.2) is 17.9 Å². The predicted octanol–water partition coefficient (Wildman–Crippen LogP) is 1.36. The highest BCUT2D eigenvalue weighted by molar-refractivity contribution is 5.83. The second-order valence-electron chi connectivity index (χ2n) is 1.98. The highest BCUT2D eigenvalue weighted by Gasteiger charge is 2.09. The molecular weight excluding hydrogens is 152 g/mol. The molecule has 0 amide bonds. The quantitative estimate of drug-likeness (QED) is 0.494. The summed E-state index contributed by atoms with van der Waals surface area (Å²) in [5.41, 5.74) is 4.68. The van der Waals surface area contributed by atoms with Gasteiger partial charge in [0.05, 0.1) is 5.56 Å². The third kappa shape index (κ3) is 1.19. The summed E-state index contributed by atoms with van der Waals surface area (Å²) in [6, 6.07) is 2.01. The van der Waals surface area contributed by atoms with Crippen LogP contribution in [0, 0.1) is 11.6 Å². The third-order valence-electron chi connectivity index (χ3n) is 1.28. The summed E-state index contributed by atoms with van der Waals surface area (Å²) in [5, 5.41) is 0. The van der Waals surface area contributed by atoms with Crippen molar-refractivity contribution in [1.29, 1.82) is 0 Å². The molecule has 0 spiro atoms. The van der Waals surface area contributed by atoms with Crippen molar-refractivity contribution >= 4 is 12.0 Å². The number of nitrogen functional groups attached to an aromatic ring is 1. The number of nitrogens with two attached hydrogens (primary N) is 1. The fraction of sp³-hybridized carbons (Fsp3) is 0. The Kier molecular flexibility index (Phi) is 1.85. The Morgan fingerprint density at radius 1 is 1.36 bits per heavy atom. The Morgan fingerprint density at radius 3 is 2.45 bits per heavy atom. The lowest BCUT2D eigenvalue weighted by atomic mass is 10.2. The van der Waals surface area contributed by atoms with Gasteiger partial charge in [0.2, 0.25) is 0 Å². The maximum atomic E-state index is 12.6. The Balaban J connectivity index is 3.40. The van der Waals surface area contributed by atoms with Crippen molar-refractivity contribution < 1.29 is 13.6 Å². The SMILES string of the molecule is Nc1ccc(F)c(F)c1C=O. The maximum Gasteiger partial charge on any atom is 0.171 e. The zero-order chi connectivity index (χ0) is 8.43. The van der Waals surface area contributed by atoms with Gasteiger partial charge in [-0.2, -0.15) is 0 Å². The first-order valence-electron chi connectivity index (χ1n) is 2.85. The van der Waals surface area contributed by atoms with Crippen LogP contribution >= 0.6 is 0 Å². The molecule has 0 aliphatic heterocycles. The fourth-order valence-electron chi connectivity index (χ4n) is 0.701. The number of carbonyl (C=O) groups is 1. The predicted molar refractivity (Wildman–Crippen MR) is 36.2 cm³/mol. The van der Waals surface area contributed by atoms with E-state index >= 15 is 0 Å². The second-order valence-corrected chi connectivity index (χ2v) is 1.98. The number of hydrogen-bond donors (Lipinski definition) is 1. The minimum Gasteiger partial charge on any atom is -0.398 e. The van der Waals surface area contributed by atoms with E-state index < -0.39 is 17.2 Å². The molecule has 0 saturated heterocycles. The standard InChI is InChI=1S/C7H5F2NO/c8-5-1-2-6(10)4(3-11)7(5)9/h1-3H,10H2. The van der Waals surface area contributed by atoms with E-state index in [0.717, 1.165) is 12.1 Å². The first-order chi connectivity index (χ1) is 5.16. The summed E-state index contributed by atoms with van der Waals surface area (Å²) < 4.78 is 24.9. The van der Waals surface area contributed by atoms with Crippen molar-refractivity contribution in [3.63, 3.8) is 0 Å². The lowest BCUT2D eigenvalue weighted by Gasteiger charge is -1.99. The van der Waals surface area contributed by atoms with Crippen LogP contribution in [-0.4, -0.2) is 6.29 Å². The van der Waals surface area contributed by atoms with E-state index in [1.54, 1.807) is 0 Å². The van der Waals surface area contributed by atoms with Crippen LogP contribution in [0.25, 0.3) is 0 Å². The van der Waals surface area contributed by atoms with Crippen molar-refractivity contribution in [2.75, 3.05) is 5.73 Å². The van der Waals surface area contributed by atoms with Gasteiger partial charge in [-0.05, 0) is 12.1 Å². The third-order valence-corrected chi connectivity index (χ3v) is 1.28. The number of benzene rings is 1. The topological polar surface area (TPSA) is 43.1 Å². The van der Waals surface area contributed by atoms with Crippen LogP contribution in [0.5, 0.6) is 0 Å². The molecule has 0 heterocycles. The number of hydrogen-bond acceptors (Lipinski definition) is 2. The van der Waals surface area contributed by atoms with E-state index in [-0.39, 0.29) is 12.0 Å². The van der Waals surface area contributed by atoms with Crippen LogP contribution in [0.3, 0.4) is 0 Å². The molecule has 0 aromatic heterocycles. The molecule has 1 aromatic rings. The summed E-state index contributed by atoms with van der Waals surface area (Å²) in [5.74, 6) is -2.26. The number of rotatable bonds is 1. The number of carbonyl (C=O) groups excluding carboxylic acids is 1. The molecule has 1 aromatic carbocycles. The van der Waals surface area contributed by atoms with Crippen molar-refractivity contribution in [2.45, 2.75) is 0 Å². The summed E-state index contributed by atoms with van der Waals surface area (Å²) in [6.07, 6.45) is 0.188. The molecule has 0 fully saturated rings. The summed E-state index contributed by atoms with van der Waals surface area (Å²) in [7, 11) is 0. The van der Waals surface area contributed by atoms with E-state index in [4.69, 9.17) is 5.73 Å². The molecule has 11 heavy (non-hydrogen) atoms. The van der Waals surface area contributed by atoms with Gasteiger partial charge >= 0.3 is 0 Å². The second kappa shape index (κ2) is 2.65. The van der Waals surface area contributed by atoms with Gasteiger partial charge in [-0.25, -0.2) is 8.78 Å². The Labute approximate surface area is 61.6 Å². The average Bonchev–Trinajstić information content (AvgIpc) is 1.99. The van der Waals surface area contributed by atoms with Crippen LogP contribution < -0.4 is 5.73 Å². The lowest BCUT2D eigenvalue weighted by molar-refractivity contribution is 0.111. The van der Waals surface area contributed by atoms with Crippen molar-refractivity contribution in [3.05, 3.63) is 29.3 Å². The van der Waals surface area contributed by atoms with E-state index in [1.165, 1.54) is 0 Å². The van der Waals surface area contributed by atoms with Gasteiger partial charge in [0.25, 0.3) is 0 Å². The molecule has 0 radical (unpaired) electrons. The van der Waals surface area contributed by atoms with Crippen LogP contribution in [-0.2, 0) is 0 Å². The molecular formula is C7H5F2NO. The number of halogens is 2. The monoisotopic (exact) mass is 157 g/mol. The Hall–Kier alpha value is -1.45. The molecule has 0 unspecified atom stereocenters. The van der Waals surface area contributed by atoms with Crippen molar-refractivity contribution in [2.24, 2.45) is 0 Å². The summed E-state index contributed by atoms with van der Waals surface area (Å²) in [4.78, 5) is 10.1. The molecule has 0 atom stereocenters. The zero-order valence-corrected chi connectivity index (χ0v) is 5.47. The molecule has 0 bridgehead atoms. The first kappa shape index (κ1) is 7.65. The van der Waals surface area contributed by atoms with Crippen molar-refractivity contribution in [3.8, 4) is 0 Å². The van der Waals surface area contributed by atoms with E-state index in [2.05, 4.69) is 0 Å². The molecule has 58 valence electrons. The Bertz CT molecular complexity index is 299. The maximum absolute atomic E-state index is 12.6. The summed E-state index contributed by atoms with van der Waals surface area (Å²) in [6.45, 7) is 0. The van der Waals surface area contributed by atoms with E-state index in [1.807, 2.05) is 0 Å². The molecule has 2 N–H and O–H groups in total. The van der Waals surface area contributed by atoms with Crippen LogP contribution in [0.4, 0.5) is 14.5 Å². The van der Waals surface area contributed by atoms with Gasteiger partial charge in [-0.15, -0.1) is 0 Å². The zero-order valence-electron chi connectivity index (χ0n) is 5.47. The van der Waals surface area contributed by atoms with Crippen LogP contribution in [0.1, 0.15) is 10.4 Å².